The van der Waals surface area contributed by atoms with E-state index in [2.05, 4.69) is 67.8 Å². The Kier molecular flexibility index (Phi) is 6.22. The molecule has 34 heavy (non-hydrogen) atoms. The van der Waals surface area contributed by atoms with Crippen molar-refractivity contribution in [1.82, 2.24) is 31.0 Å². The predicted molar refractivity (Wildman–Crippen MR) is 135 cm³/mol. The SMILES string of the molecule is O=C(N[C@@H]1CCCN(Cc2csc3ccccc23)C1)N1CCC2NNC(c3ccncc3)C2C1. The molecule has 7 nitrogen and oxygen atoms in total. The molecule has 3 fully saturated rings. The fourth-order valence-electron chi connectivity index (χ4n) is 5.87. The number of rotatable bonds is 4. The first-order valence-corrected chi connectivity index (χ1v) is 13.3. The van der Waals surface area contributed by atoms with Gasteiger partial charge in [-0.1, -0.05) is 18.2 Å². The molecule has 0 spiro atoms. The van der Waals surface area contributed by atoms with Crippen molar-refractivity contribution in [3.63, 3.8) is 0 Å². The minimum absolute atomic E-state index is 0.0895. The summed E-state index contributed by atoms with van der Waals surface area (Å²) in [5.41, 5.74) is 9.53. The molecular formula is C26H32N6OS. The van der Waals surface area contributed by atoms with Crippen LogP contribution in [0.25, 0.3) is 10.1 Å². The number of hydrogen-bond donors (Lipinski definition) is 3. The summed E-state index contributed by atoms with van der Waals surface area (Å²) in [6.45, 7) is 4.52. The molecule has 0 bridgehead atoms. The zero-order valence-electron chi connectivity index (χ0n) is 19.3. The van der Waals surface area contributed by atoms with Crippen LogP contribution in [0.2, 0.25) is 0 Å². The zero-order chi connectivity index (χ0) is 22.9. The van der Waals surface area contributed by atoms with E-state index >= 15 is 0 Å². The number of hydrogen-bond acceptors (Lipinski definition) is 6. The van der Waals surface area contributed by atoms with Crippen LogP contribution >= 0.6 is 11.3 Å². The molecule has 2 aromatic heterocycles. The van der Waals surface area contributed by atoms with Crippen LogP contribution in [0.3, 0.4) is 0 Å². The number of nitrogens with one attached hydrogen (secondary N) is 3. The Bertz CT molecular complexity index is 1140. The van der Waals surface area contributed by atoms with Crippen LogP contribution in [0.5, 0.6) is 0 Å². The van der Waals surface area contributed by atoms with Gasteiger partial charge in [0.1, 0.15) is 0 Å². The summed E-state index contributed by atoms with van der Waals surface area (Å²) in [5.74, 6) is 0.358. The van der Waals surface area contributed by atoms with Gasteiger partial charge < -0.3 is 10.2 Å². The second kappa shape index (κ2) is 9.62. The van der Waals surface area contributed by atoms with Crippen LogP contribution in [-0.4, -0.2) is 59.1 Å². The van der Waals surface area contributed by atoms with Gasteiger partial charge in [0, 0.05) is 61.3 Å². The standard InChI is InChI=1S/C26H32N6OS/c33-26(32-13-9-23-22(16-32)25(30-29-23)18-7-10-27-11-8-18)28-20-4-3-12-31(15-20)14-19-17-34-24-6-2-1-5-21(19)24/h1-2,5-8,10-11,17,20,22-23,25,29-30H,3-4,9,12-16H2,(H,28,33)/t20-,22?,23?,25?/m1/s1. The number of pyridine rings is 1. The van der Waals surface area contributed by atoms with Crippen LogP contribution in [0.15, 0.2) is 54.2 Å². The molecule has 4 atom stereocenters. The molecule has 3 saturated heterocycles. The maximum absolute atomic E-state index is 13.2. The summed E-state index contributed by atoms with van der Waals surface area (Å²) < 4.78 is 1.35. The first-order chi connectivity index (χ1) is 16.7. The Balaban J connectivity index is 1.06. The predicted octanol–water partition coefficient (Wildman–Crippen LogP) is 3.51. The highest BCUT2D eigenvalue weighted by molar-refractivity contribution is 7.17. The third-order valence-corrected chi connectivity index (χ3v) is 8.66. The lowest BCUT2D eigenvalue weighted by Crippen LogP contribution is -2.55. The Morgan fingerprint density at radius 3 is 2.88 bits per heavy atom. The molecule has 8 heteroatoms. The quantitative estimate of drug-likeness (QED) is 0.538. The van der Waals surface area contributed by atoms with Crippen molar-refractivity contribution >= 4 is 27.5 Å². The van der Waals surface area contributed by atoms with Crippen molar-refractivity contribution in [3.8, 4) is 0 Å². The Morgan fingerprint density at radius 2 is 1.97 bits per heavy atom. The number of nitrogens with zero attached hydrogens (tertiary/aromatic N) is 3. The van der Waals surface area contributed by atoms with E-state index in [4.69, 9.17) is 0 Å². The number of hydrazine groups is 1. The number of amides is 2. The normalized spacial score (nSPS) is 27.6. The van der Waals surface area contributed by atoms with E-state index in [0.29, 0.717) is 12.0 Å². The highest BCUT2D eigenvalue weighted by Crippen LogP contribution is 2.33. The van der Waals surface area contributed by atoms with Gasteiger partial charge in [0.25, 0.3) is 0 Å². The zero-order valence-corrected chi connectivity index (χ0v) is 20.1. The molecule has 1 aromatic carbocycles. The smallest absolute Gasteiger partial charge is 0.317 e. The van der Waals surface area contributed by atoms with Gasteiger partial charge in [-0.25, -0.2) is 10.2 Å². The van der Waals surface area contributed by atoms with Crippen molar-refractivity contribution in [3.05, 3.63) is 65.3 Å². The number of fused-ring (bicyclic) bond motifs is 2. The molecular weight excluding hydrogens is 444 g/mol. The van der Waals surface area contributed by atoms with E-state index in [9.17, 15) is 4.79 Å². The van der Waals surface area contributed by atoms with E-state index in [1.165, 1.54) is 21.2 Å². The molecule has 3 aromatic rings. The lowest BCUT2D eigenvalue weighted by atomic mass is 9.85. The molecule has 3 aliphatic rings. The molecule has 6 rings (SSSR count). The average molecular weight is 477 g/mol. The van der Waals surface area contributed by atoms with Gasteiger partial charge >= 0.3 is 6.03 Å². The third kappa shape index (κ3) is 4.43. The van der Waals surface area contributed by atoms with Crippen LogP contribution in [0.4, 0.5) is 4.79 Å². The number of benzene rings is 1. The van der Waals surface area contributed by atoms with Crippen LogP contribution in [0.1, 0.15) is 36.4 Å². The number of aromatic nitrogens is 1. The topological polar surface area (TPSA) is 72.5 Å². The maximum Gasteiger partial charge on any atom is 0.317 e. The summed E-state index contributed by atoms with van der Waals surface area (Å²) >= 11 is 1.82. The number of carbonyl (C=O) groups is 1. The van der Waals surface area contributed by atoms with Gasteiger partial charge in [0.05, 0.1) is 6.04 Å². The van der Waals surface area contributed by atoms with Crippen molar-refractivity contribution in [1.29, 1.82) is 0 Å². The molecule has 0 aliphatic carbocycles. The van der Waals surface area contributed by atoms with E-state index in [1.54, 1.807) is 0 Å². The lowest BCUT2D eigenvalue weighted by molar-refractivity contribution is 0.139. The second-order valence-corrected chi connectivity index (χ2v) is 10.7. The minimum atomic E-state index is 0.0895. The first-order valence-electron chi connectivity index (χ1n) is 12.4. The number of piperidine rings is 2. The summed E-state index contributed by atoms with van der Waals surface area (Å²) in [7, 11) is 0. The summed E-state index contributed by atoms with van der Waals surface area (Å²) in [4.78, 5) is 21.9. The number of likely N-dealkylation sites (tertiary alicyclic amines) is 2. The Hall–Kier alpha value is -2.52. The summed E-state index contributed by atoms with van der Waals surface area (Å²) in [5, 5.41) is 7.02. The Labute approximate surface area is 204 Å². The molecule has 178 valence electrons. The van der Waals surface area contributed by atoms with E-state index in [-0.39, 0.29) is 18.1 Å². The van der Waals surface area contributed by atoms with Crippen LogP contribution < -0.4 is 16.2 Å². The van der Waals surface area contributed by atoms with Crippen molar-refractivity contribution in [2.24, 2.45) is 5.92 Å². The molecule has 3 N–H and O–H groups in total. The molecule has 2 amide bonds. The van der Waals surface area contributed by atoms with E-state index in [0.717, 1.165) is 52.0 Å². The van der Waals surface area contributed by atoms with Crippen molar-refractivity contribution in [2.45, 2.75) is 43.9 Å². The van der Waals surface area contributed by atoms with Crippen LogP contribution in [-0.2, 0) is 6.54 Å². The summed E-state index contributed by atoms with van der Waals surface area (Å²) in [6, 6.07) is 13.7. The van der Waals surface area contributed by atoms with Crippen LogP contribution in [0, 0.1) is 5.92 Å². The number of thiophene rings is 1. The fourth-order valence-corrected chi connectivity index (χ4v) is 6.82. The highest BCUT2D eigenvalue weighted by atomic mass is 32.1. The molecule has 3 unspecified atom stereocenters. The first kappa shape index (κ1) is 22.0. The van der Waals surface area contributed by atoms with Gasteiger partial charge in [-0.3, -0.25) is 15.3 Å². The molecule has 0 saturated carbocycles. The van der Waals surface area contributed by atoms with Crippen molar-refractivity contribution < 1.29 is 4.79 Å². The second-order valence-electron chi connectivity index (χ2n) is 9.83. The van der Waals surface area contributed by atoms with Gasteiger partial charge in [-0.05, 0) is 65.9 Å². The van der Waals surface area contributed by atoms with E-state index < -0.39 is 0 Å². The molecule has 5 heterocycles. The molecule has 3 aliphatic heterocycles. The monoisotopic (exact) mass is 476 g/mol. The lowest BCUT2D eigenvalue weighted by Gasteiger charge is -2.38. The highest BCUT2D eigenvalue weighted by Gasteiger charge is 2.41. The largest absolute Gasteiger partial charge is 0.334 e. The summed E-state index contributed by atoms with van der Waals surface area (Å²) in [6.07, 6.45) is 6.82. The van der Waals surface area contributed by atoms with Gasteiger partial charge in [0.15, 0.2) is 0 Å². The maximum atomic E-state index is 13.2. The number of carbonyl (C=O) groups excluding carboxylic acids is 1. The fraction of sp³-hybridized carbons (Fsp3) is 0.462. The van der Waals surface area contributed by atoms with Crippen molar-refractivity contribution in [2.75, 3.05) is 26.2 Å². The van der Waals surface area contributed by atoms with Gasteiger partial charge in [-0.15, -0.1) is 11.3 Å². The Morgan fingerprint density at radius 1 is 1.09 bits per heavy atom. The molecule has 0 radical (unpaired) electrons. The number of urea groups is 1. The average Bonchev–Trinajstić information content (AvgIpc) is 3.49. The minimum Gasteiger partial charge on any atom is -0.334 e. The van der Waals surface area contributed by atoms with Gasteiger partial charge in [0.2, 0.25) is 0 Å². The third-order valence-electron chi connectivity index (χ3n) is 7.65. The van der Waals surface area contributed by atoms with E-state index in [1.807, 2.05) is 28.6 Å². The van der Waals surface area contributed by atoms with Gasteiger partial charge in [-0.2, -0.15) is 0 Å².